The van der Waals surface area contributed by atoms with Gasteiger partial charge in [-0.25, -0.2) is 4.39 Å². The molecule has 0 amide bonds. The molecular weight excluding hydrogens is 237 g/mol. The van der Waals surface area contributed by atoms with Crippen LogP contribution in [0.1, 0.15) is 31.0 Å². The van der Waals surface area contributed by atoms with Crippen LogP contribution in [-0.2, 0) is 6.42 Å². The summed E-state index contributed by atoms with van der Waals surface area (Å²) in [6.45, 7) is 4.28. The van der Waals surface area contributed by atoms with Gasteiger partial charge in [0.2, 0.25) is 0 Å². The van der Waals surface area contributed by atoms with Crippen LogP contribution in [0, 0.1) is 5.82 Å². The fourth-order valence-electron chi connectivity index (χ4n) is 2.30. The van der Waals surface area contributed by atoms with E-state index in [1.807, 2.05) is 18.2 Å². The molecule has 0 spiro atoms. The normalized spacial score (nSPS) is 14.1. The van der Waals surface area contributed by atoms with E-state index in [0.717, 1.165) is 12.0 Å². The first-order valence-corrected chi connectivity index (χ1v) is 6.70. The lowest BCUT2D eigenvalue weighted by molar-refractivity contribution is 0.476. The van der Waals surface area contributed by atoms with Crippen molar-refractivity contribution in [3.8, 4) is 0 Å². The van der Waals surface area contributed by atoms with E-state index < -0.39 is 0 Å². The van der Waals surface area contributed by atoms with Crippen molar-refractivity contribution in [2.24, 2.45) is 0 Å². The first-order chi connectivity index (χ1) is 9.15. The van der Waals surface area contributed by atoms with Crippen LogP contribution in [-0.4, -0.2) is 6.04 Å². The summed E-state index contributed by atoms with van der Waals surface area (Å²) in [6.07, 6.45) is 0.992. The Bertz CT molecular complexity index is 492. The molecule has 0 bridgehead atoms. The molecule has 0 radical (unpaired) electrons. The number of hydrogen-bond acceptors (Lipinski definition) is 1. The lowest BCUT2D eigenvalue weighted by atomic mass is 10.0. The fraction of sp³-hybridized carbons (Fsp3) is 0.294. The first-order valence-electron chi connectivity index (χ1n) is 6.70. The molecule has 2 unspecified atom stereocenters. The van der Waals surface area contributed by atoms with E-state index in [1.54, 1.807) is 0 Å². The third kappa shape index (κ3) is 4.18. The van der Waals surface area contributed by atoms with Crippen LogP contribution >= 0.6 is 0 Å². The molecule has 0 fully saturated rings. The highest BCUT2D eigenvalue weighted by molar-refractivity contribution is 5.20. The summed E-state index contributed by atoms with van der Waals surface area (Å²) < 4.78 is 12.9. The average molecular weight is 257 g/mol. The second-order valence-corrected chi connectivity index (χ2v) is 5.03. The van der Waals surface area contributed by atoms with E-state index >= 15 is 0 Å². The topological polar surface area (TPSA) is 12.0 Å². The second-order valence-electron chi connectivity index (χ2n) is 5.03. The smallest absolute Gasteiger partial charge is 0.123 e. The van der Waals surface area contributed by atoms with Crippen molar-refractivity contribution in [3.63, 3.8) is 0 Å². The van der Waals surface area contributed by atoms with Crippen molar-refractivity contribution in [3.05, 3.63) is 71.5 Å². The Labute approximate surface area is 114 Å². The predicted octanol–water partition coefficient (Wildman–Crippen LogP) is 4.11. The second kappa shape index (κ2) is 6.48. The maximum Gasteiger partial charge on any atom is 0.123 e. The fourth-order valence-corrected chi connectivity index (χ4v) is 2.30. The molecule has 2 aromatic carbocycles. The summed E-state index contributed by atoms with van der Waals surface area (Å²) in [6, 6.07) is 17.7. The Kier molecular flexibility index (Phi) is 4.69. The van der Waals surface area contributed by atoms with Gasteiger partial charge < -0.3 is 5.32 Å². The number of halogens is 1. The summed E-state index contributed by atoms with van der Waals surface area (Å²) in [4.78, 5) is 0. The van der Waals surface area contributed by atoms with Gasteiger partial charge in [-0.1, -0.05) is 42.5 Å². The predicted molar refractivity (Wildman–Crippen MR) is 77.6 cm³/mol. The lowest BCUT2D eigenvalue weighted by Gasteiger charge is -2.20. The largest absolute Gasteiger partial charge is 0.307 e. The van der Waals surface area contributed by atoms with Crippen molar-refractivity contribution < 1.29 is 4.39 Å². The Morgan fingerprint density at radius 1 is 0.947 bits per heavy atom. The monoisotopic (exact) mass is 257 g/mol. The van der Waals surface area contributed by atoms with Crippen LogP contribution in [0.15, 0.2) is 54.6 Å². The minimum Gasteiger partial charge on any atom is -0.307 e. The van der Waals surface area contributed by atoms with Gasteiger partial charge in [-0.15, -0.1) is 0 Å². The van der Waals surface area contributed by atoms with Gasteiger partial charge in [0.15, 0.2) is 0 Å². The van der Waals surface area contributed by atoms with E-state index in [0.29, 0.717) is 6.04 Å². The SMILES string of the molecule is CC(Cc1ccccc1)NC(C)c1ccc(F)cc1. The summed E-state index contributed by atoms with van der Waals surface area (Å²) in [5, 5.41) is 3.54. The molecule has 19 heavy (non-hydrogen) atoms. The van der Waals surface area contributed by atoms with Gasteiger partial charge >= 0.3 is 0 Å². The van der Waals surface area contributed by atoms with Crippen LogP contribution < -0.4 is 5.32 Å². The van der Waals surface area contributed by atoms with E-state index in [2.05, 4.69) is 43.4 Å². The Morgan fingerprint density at radius 2 is 1.58 bits per heavy atom. The zero-order valence-electron chi connectivity index (χ0n) is 11.4. The van der Waals surface area contributed by atoms with Crippen LogP contribution in [0.5, 0.6) is 0 Å². The molecule has 1 nitrogen and oxygen atoms in total. The number of benzene rings is 2. The minimum absolute atomic E-state index is 0.187. The van der Waals surface area contributed by atoms with Crippen molar-refractivity contribution in [2.75, 3.05) is 0 Å². The zero-order chi connectivity index (χ0) is 13.7. The Morgan fingerprint density at radius 3 is 2.21 bits per heavy atom. The van der Waals surface area contributed by atoms with Crippen LogP contribution in [0.2, 0.25) is 0 Å². The van der Waals surface area contributed by atoms with Crippen molar-refractivity contribution in [1.29, 1.82) is 0 Å². The molecule has 100 valence electrons. The van der Waals surface area contributed by atoms with Gasteiger partial charge in [0.25, 0.3) is 0 Å². The molecule has 0 aliphatic rings. The average Bonchev–Trinajstić information content (AvgIpc) is 2.40. The maximum atomic E-state index is 12.9. The van der Waals surface area contributed by atoms with Crippen LogP contribution in [0.4, 0.5) is 4.39 Å². The van der Waals surface area contributed by atoms with E-state index in [-0.39, 0.29) is 11.9 Å². The molecule has 0 aromatic heterocycles. The van der Waals surface area contributed by atoms with Crippen molar-refractivity contribution in [1.82, 2.24) is 5.32 Å². The molecular formula is C17H20FN. The maximum absolute atomic E-state index is 12.9. The van der Waals surface area contributed by atoms with Gasteiger partial charge in [0, 0.05) is 12.1 Å². The van der Waals surface area contributed by atoms with Gasteiger partial charge in [0.05, 0.1) is 0 Å². The summed E-state index contributed by atoms with van der Waals surface area (Å²) in [7, 11) is 0. The molecule has 2 heteroatoms. The molecule has 0 heterocycles. The van der Waals surface area contributed by atoms with E-state index in [1.165, 1.54) is 17.7 Å². The summed E-state index contributed by atoms with van der Waals surface area (Å²) in [5.74, 6) is -0.187. The standard InChI is InChI=1S/C17H20FN/c1-13(12-15-6-4-3-5-7-15)19-14(2)16-8-10-17(18)11-9-16/h3-11,13-14,19H,12H2,1-2H3. The Hall–Kier alpha value is -1.67. The first kappa shape index (κ1) is 13.8. The Balaban J connectivity index is 1.91. The number of rotatable bonds is 5. The minimum atomic E-state index is -0.187. The molecule has 1 N–H and O–H groups in total. The third-order valence-corrected chi connectivity index (χ3v) is 3.29. The quantitative estimate of drug-likeness (QED) is 0.850. The van der Waals surface area contributed by atoms with Gasteiger partial charge in [-0.2, -0.15) is 0 Å². The molecule has 0 saturated carbocycles. The zero-order valence-corrected chi connectivity index (χ0v) is 11.4. The van der Waals surface area contributed by atoms with Crippen LogP contribution in [0.3, 0.4) is 0 Å². The highest BCUT2D eigenvalue weighted by Crippen LogP contribution is 2.14. The van der Waals surface area contributed by atoms with E-state index in [9.17, 15) is 4.39 Å². The molecule has 0 aliphatic heterocycles. The third-order valence-electron chi connectivity index (χ3n) is 3.29. The van der Waals surface area contributed by atoms with Crippen LogP contribution in [0.25, 0.3) is 0 Å². The van der Waals surface area contributed by atoms with Crippen molar-refractivity contribution in [2.45, 2.75) is 32.4 Å². The highest BCUT2D eigenvalue weighted by Gasteiger charge is 2.09. The van der Waals surface area contributed by atoms with E-state index in [4.69, 9.17) is 0 Å². The summed E-state index contributed by atoms with van der Waals surface area (Å²) >= 11 is 0. The molecule has 2 atom stereocenters. The molecule has 2 aromatic rings. The van der Waals surface area contributed by atoms with Gasteiger partial charge in [-0.3, -0.25) is 0 Å². The highest BCUT2D eigenvalue weighted by atomic mass is 19.1. The lowest BCUT2D eigenvalue weighted by Crippen LogP contribution is -2.30. The number of hydrogen-bond donors (Lipinski definition) is 1. The summed E-state index contributed by atoms with van der Waals surface area (Å²) in [5.41, 5.74) is 2.44. The van der Waals surface area contributed by atoms with Gasteiger partial charge in [0.1, 0.15) is 5.82 Å². The van der Waals surface area contributed by atoms with Crippen molar-refractivity contribution >= 4 is 0 Å². The van der Waals surface area contributed by atoms with Gasteiger partial charge in [-0.05, 0) is 43.5 Å². The molecule has 0 aliphatic carbocycles. The number of nitrogens with one attached hydrogen (secondary N) is 1. The molecule has 2 rings (SSSR count). The molecule has 0 saturated heterocycles.